The molecule has 0 bridgehead atoms. The largest absolute Gasteiger partial charge is 0.379 e. The average Bonchev–Trinajstić information content (AvgIpc) is 3.27. The number of rotatable bonds is 6. The summed E-state index contributed by atoms with van der Waals surface area (Å²) in [6, 6.07) is 22.0. The van der Waals surface area contributed by atoms with Crippen molar-refractivity contribution in [2.75, 3.05) is 5.32 Å². The zero-order chi connectivity index (χ0) is 24.5. The van der Waals surface area contributed by atoms with E-state index < -0.39 is 10.1 Å². The van der Waals surface area contributed by atoms with E-state index >= 15 is 0 Å². The summed E-state index contributed by atoms with van der Waals surface area (Å²) in [6.45, 7) is 0. The minimum Gasteiger partial charge on any atom is -0.379 e. The second kappa shape index (κ2) is 9.28. The second-order valence-corrected chi connectivity index (χ2v) is 10.6. The maximum absolute atomic E-state index is 13.2. The highest BCUT2D eigenvalue weighted by molar-refractivity contribution is 7.87. The Morgan fingerprint density at radius 2 is 1.75 bits per heavy atom. The predicted molar refractivity (Wildman–Crippen MR) is 141 cm³/mol. The molecule has 36 heavy (non-hydrogen) atoms. The summed E-state index contributed by atoms with van der Waals surface area (Å²) in [4.78, 5) is 9.18. The molecule has 8 heteroatoms. The van der Waals surface area contributed by atoms with Crippen molar-refractivity contribution in [2.45, 2.75) is 43.0 Å². The van der Waals surface area contributed by atoms with E-state index in [1.54, 1.807) is 36.5 Å². The lowest BCUT2D eigenvalue weighted by Crippen LogP contribution is -2.23. The van der Waals surface area contributed by atoms with Gasteiger partial charge >= 0.3 is 10.1 Å². The van der Waals surface area contributed by atoms with E-state index in [9.17, 15) is 8.42 Å². The van der Waals surface area contributed by atoms with Crippen LogP contribution in [0.3, 0.4) is 0 Å². The molecule has 2 aromatic carbocycles. The van der Waals surface area contributed by atoms with E-state index in [1.807, 2.05) is 42.6 Å². The molecule has 1 aliphatic rings. The van der Waals surface area contributed by atoms with Crippen molar-refractivity contribution in [3.63, 3.8) is 0 Å². The molecule has 0 aliphatic heterocycles. The summed E-state index contributed by atoms with van der Waals surface area (Å²) < 4.78 is 34.1. The standard InChI is InChI=1S/C28H26N4O3S/c33-36(34,24-15-7-9-20-11-8-17-29-26(20)24)35-23-14-6-10-21(19-23)27-28(30-22-12-2-1-3-13-22)32-18-5-4-16-25(32)31-27/h4-11,14-19,22,30H,1-3,12-13H2. The molecule has 1 N–H and O–H groups in total. The number of nitrogens with zero attached hydrogens (tertiary/aromatic N) is 3. The Bertz CT molecular complexity index is 1650. The van der Waals surface area contributed by atoms with Crippen LogP contribution in [0.2, 0.25) is 0 Å². The zero-order valence-corrected chi connectivity index (χ0v) is 20.5. The fourth-order valence-corrected chi connectivity index (χ4v) is 6.02. The van der Waals surface area contributed by atoms with E-state index in [-0.39, 0.29) is 10.6 Å². The van der Waals surface area contributed by atoms with Crippen molar-refractivity contribution in [3.8, 4) is 17.0 Å². The first-order valence-electron chi connectivity index (χ1n) is 12.2. The Balaban J connectivity index is 1.37. The predicted octanol–water partition coefficient (Wildman–Crippen LogP) is 6.06. The van der Waals surface area contributed by atoms with Crippen LogP contribution in [0.5, 0.6) is 5.75 Å². The van der Waals surface area contributed by atoms with Crippen LogP contribution >= 0.6 is 0 Å². The third-order valence-electron chi connectivity index (χ3n) is 6.65. The van der Waals surface area contributed by atoms with Crippen LogP contribution in [0.15, 0.2) is 90.1 Å². The minimum absolute atomic E-state index is 0.0402. The molecule has 0 amide bonds. The molecule has 1 aliphatic carbocycles. The summed E-state index contributed by atoms with van der Waals surface area (Å²) in [5.41, 5.74) is 2.75. The van der Waals surface area contributed by atoms with Crippen molar-refractivity contribution in [1.29, 1.82) is 0 Å². The number of nitrogens with one attached hydrogen (secondary N) is 1. The summed E-state index contributed by atoms with van der Waals surface area (Å²) in [7, 11) is -4.10. The van der Waals surface area contributed by atoms with Gasteiger partial charge in [-0.05, 0) is 49.2 Å². The van der Waals surface area contributed by atoms with Crippen LogP contribution in [-0.4, -0.2) is 28.8 Å². The fraction of sp³-hybridized carbons (Fsp3) is 0.214. The van der Waals surface area contributed by atoms with Crippen LogP contribution in [0.25, 0.3) is 27.8 Å². The molecule has 3 aromatic heterocycles. The SMILES string of the molecule is O=S(=O)(Oc1cccc(-c2nc3ccccn3c2NC2CCCCC2)c1)c1cccc2cccnc12. The molecule has 0 atom stereocenters. The fourth-order valence-electron chi connectivity index (χ4n) is 4.92. The van der Waals surface area contributed by atoms with Gasteiger partial charge in [-0.3, -0.25) is 9.38 Å². The van der Waals surface area contributed by atoms with Gasteiger partial charge in [-0.1, -0.05) is 55.7 Å². The van der Waals surface area contributed by atoms with E-state index in [1.165, 1.54) is 25.3 Å². The number of anilines is 1. The first-order valence-corrected chi connectivity index (χ1v) is 13.6. The first kappa shape index (κ1) is 22.5. The van der Waals surface area contributed by atoms with Crippen LogP contribution < -0.4 is 9.50 Å². The van der Waals surface area contributed by atoms with Crippen LogP contribution in [0, 0.1) is 0 Å². The van der Waals surface area contributed by atoms with Crippen LogP contribution in [0.4, 0.5) is 5.82 Å². The highest BCUT2D eigenvalue weighted by Crippen LogP contribution is 2.34. The molecule has 0 radical (unpaired) electrons. The van der Waals surface area contributed by atoms with Crippen molar-refractivity contribution in [2.24, 2.45) is 0 Å². The molecule has 0 spiro atoms. The number of imidazole rings is 1. The average molecular weight is 499 g/mol. The smallest absolute Gasteiger partial charge is 0.341 e. The van der Waals surface area contributed by atoms with Gasteiger partial charge in [0.1, 0.15) is 27.8 Å². The Labute approximate surface area is 209 Å². The number of fused-ring (bicyclic) bond motifs is 2. The number of benzene rings is 2. The Morgan fingerprint density at radius 3 is 2.64 bits per heavy atom. The van der Waals surface area contributed by atoms with Gasteiger partial charge in [0, 0.05) is 29.4 Å². The highest BCUT2D eigenvalue weighted by Gasteiger charge is 2.23. The maximum atomic E-state index is 13.2. The lowest BCUT2D eigenvalue weighted by atomic mass is 9.95. The second-order valence-electron chi connectivity index (χ2n) is 9.11. The summed E-state index contributed by atoms with van der Waals surface area (Å²) in [5.74, 6) is 1.14. The van der Waals surface area contributed by atoms with Gasteiger partial charge in [0.2, 0.25) is 0 Å². The quantitative estimate of drug-likeness (QED) is 0.286. The molecule has 0 unspecified atom stereocenters. The number of hydrogen-bond donors (Lipinski definition) is 1. The topological polar surface area (TPSA) is 85.6 Å². The van der Waals surface area contributed by atoms with Gasteiger partial charge in [0.15, 0.2) is 0 Å². The van der Waals surface area contributed by atoms with Crippen molar-refractivity contribution in [3.05, 3.63) is 85.2 Å². The van der Waals surface area contributed by atoms with E-state index in [2.05, 4.69) is 14.7 Å². The molecule has 0 saturated heterocycles. The van der Waals surface area contributed by atoms with Crippen molar-refractivity contribution >= 4 is 32.5 Å². The van der Waals surface area contributed by atoms with E-state index in [0.29, 0.717) is 11.6 Å². The van der Waals surface area contributed by atoms with Gasteiger partial charge in [0.05, 0.1) is 5.52 Å². The van der Waals surface area contributed by atoms with Crippen LogP contribution in [-0.2, 0) is 10.1 Å². The molecule has 1 fully saturated rings. The first-order chi connectivity index (χ1) is 17.6. The number of hydrogen-bond acceptors (Lipinski definition) is 6. The summed E-state index contributed by atoms with van der Waals surface area (Å²) in [5, 5.41) is 4.45. The summed E-state index contributed by atoms with van der Waals surface area (Å²) >= 11 is 0. The molecule has 6 rings (SSSR count). The number of pyridine rings is 2. The minimum atomic E-state index is -4.10. The van der Waals surface area contributed by atoms with Gasteiger partial charge in [-0.15, -0.1) is 0 Å². The van der Waals surface area contributed by atoms with Gasteiger partial charge < -0.3 is 9.50 Å². The number of aromatic nitrogens is 3. The third-order valence-corrected chi connectivity index (χ3v) is 7.93. The maximum Gasteiger partial charge on any atom is 0.341 e. The Hall–Kier alpha value is -3.91. The molecule has 5 aromatic rings. The van der Waals surface area contributed by atoms with Crippen molar-refractivity contribution < 1.29 is 12.6 Å². The normalized spacial score (nSPS) is 14.8. The molecule has 1 saturated carbocycles. The van der Waals surface area contributed by atoms with Gasteiger partial charge in [-0.25, -0.2) is 4.98 Å². The highest BCUT2D eigenvalue weighted by atomic mass is 32.2. The van der Waals surface area contributed by atoms with E-state index in [0.717, 1.165) is 41.0 Å². The lowest BCUT2D eigenvalue weighted by molar-refractivity contribution is 0.462. The van der Waals surface area contributed by atoms with Crippen LogP contribution in [0.1, 0.15) is 32.1 Å². The molecule has 182 valence electrons. The molecular weight excluding hydrogens is 472 g/mol. The van der Waals surface area contributed by atoms with E-state index in [4.69, 9.17) is 9.17 Å². The summed E-state index contributed by atoms with van der Waals surface area (Å²) in [6.07, 6.45) is 9.53. The zero-order valence-electron chi connectivity index (χ0n) is 19.7. The third kappa shape index (κ3) is 4.28. The van der Waals surface area contributed by atoms with Crippen molar-refractivity contribution in [1.82, 2.24) is 14.4 Å². The lowest BCUT2D eigenvalue weighted by Gasteiger charge is -2.24. The Kier molecular flexibility index (Phi) is 5.81. The molecule has 7 nitrogen and oxygen atoms in total. The molecular formula is C28H26N4O3S. The van der Waals surface area contributed by atoms with Gasteiger partial charge in [-0.2, -0.15) is 8.42 Å². The molecule has 3 heterocycles. The Morgan fingerprint density at radius 1 is 0.917 bits per heavy atom. The number of para-hydroxylation sites is 1. The monoisotopic (exact) mass is 498 g/mol. The van der Waals surface area contributed by atoms with Gasteiger partial charge in [0.25, 0.3) is 0 Å².